The summed E-state index contributed by atoms with van der Waals surface area (Å²) in [6, 6.07) is 7.45. The fourth-order valence-corrected chi connectivity index (χ4v) is 3.63. The number of aromatic nitrogens is 2. The van der Waals surface area contributed by atoms with Crippen LogP contribution in [0.5, 0.6) is 0 Å². The number of fused-ring (bicyclic) bond motifs is 1. The van der Waals surface area contributed by atoms with Gasteiger partial charge in [-0.05, 0) is 63.9 Å². The number of rotatable bonds is 2. The zero-order valence-corrected chi connectivity index (χ0v) is 13.8. The summed E-state index contributed by atoms with van der Waals surface area (Å²) in [6.45, 7) is 4.29. The molecule has 3 rings (SSSR count). The second-order valence-electron chi connectivity index (χ2n) is 6.47. The van der Waals surface area contributed by atoms with Crippen LogP contribution in [0, 0.1) is 13.8 Å². The van der Waals surface area contributed by atoms with Crippen LogP contribution in [0.1, 0.15) is 28.9 Å². The van der Waals surface area contributed by atoms with Crippen molar-refractivity contribution in [3.63, 3.8) is 0 Å². The molecule has 1 atom stereocenters. The largest absolute Gasteiger partial charge is 0.306 e. The molecule has 1 aromatic heterocycles. The zero-order chi connectivity index (χ0) is 15.1. The third-order valence-corrected chi connectivity index (χ3v) is 4.96. The Balaban J connectivity index is 2.09. The van der Waals surface area contributed by atoms with Crippen LogP contribution in [-0.4, -0.2) is 34.8 Å². The number of hydrogen-bond acceptors (Lipinski definition) is 2. The summed E-state index contributed by atoms with van der Waals surface area (Å²) in [5, 5.41) is 4.59. The smallest absolute Gasteiger partial charge is 0.0674 e. The molecule has 1 heterocycles. The normalized spacial score (nSPS) is 18.1. The van der Waals surface area contributed by atoms with Gasteiger partial charge in [-0.15, -0.1) is 0 Å². The van der Waals surface area contributed by atoms with Crippen LogP contribution < -0.4 is 0 Å². The van der Waals surface area contributed by atoms with Crippen molar-refractivity contribution < 1.29 is 0 Å². The predicted octanol–water partition coefficient (Wildman–Crippen LogP) is 3.12. The van der Waals surface area contributed by atoms with Crippen molar-refractivity contribution in [3.05, 3.63) is 40.7 Å². The molecule has 2 aromatic rings. The molecular weight excluding hydrogens is 258 g/mol. The molecule has 0 spiro atoms. The maximum absolute atomic E-state index is 4.59. The number of aryl methyl sites for hydroxylation is 2. The Bertz CT molecular complexity index is 667. The van der Waals surface area contributed by atoms with Crippen LogP contribution in [0.2, 0.25) is 0 Å². The molecule has 1 aromatic carbocycles. The van der Waals surface area contributed by atoms with E-state index in [9.17, 15) is 0 Å². The summed E-state index contributed by atoms with van der Waals surface area (Å²) >= 11 is 0. The molecule has 0 N–H and O–H groups in total. The second kappa shape index (κ2) is 5.30. The maximum Gasteiger partial charge on any atom is 0.0674 e. The van der Waals surface area contributed by atoms with E-state index in [1.807, 2.05) is 11.7 Å². The van der Waals surface area contributed by atoms with E-state index in [4.69, 9.17) is 0 Å². The van der Waals surface area contributed by atoms with Gasteiger partial charge in [0.05, 0.1) is 5.69 Å². The van der Waals surface area contributed by atoms with Crippen LogP contribution in [0.25, 0.3) is 11.1 Å². The molecule has 0 saturated heterocycles. The molecule has 112 valence electrons. The van der Waals surface area contributed by atoms with Gasteiger partial charge in [0.1, 0.15) is 0 Å². The maximum atomic E-state index is 4.59. The van der Waals surface area contributed by atoms with Crippen LogP contribution >= 0.6 is 0 Å². The minimum Gasteiger partial charge on any atom is -0.306 e. The van der Waals surface area contributed by atoms with Gasteiger partial charge in [-0.1, -0.05) is 18.2 Å². The molecule has 0 radical (unpaired) electrons. The first-order valence-corrected chi connectivity index (χ1v) is 7.76. The Kier molecular flexibility index (Phi) is 3.62. The third kappa shape index (κ3) is 2.40. The van der Waals surface area contributed by atoms with Gasteiger partial charge < -0.3 is 4.90 Å². The molecule has 3 heteroatoms. The number of benzene rings is 1. The van der Waals surface area contributed by atoms with Crippen molar-refractivity contribution in [1.82, 2.24) is 14.7 Å². The van der Waals surface area contributed by atoms with E-state index in [-0.39, 0.29) is 0 Å². The van der Waals surface area contributed by atoms with Gasteiger partial charge in [0.2, 0.25) is 0 Å². The van der Waals surface area contributed by atoms with Gasteiger partial charge in [0, 0.05) is 24.3 Å². The topological polar surface area (TPSA) is 21.1 Å². The Morgan fingerprint density at radius 3 is 2.62 bits per heavy atom. The van der Waals surface area contributed by atoms with Gasteiger partial charge in [0.25, 0.3) is 0 Å². The Morgan fingerprint density at radius 2 is 2.00 bits per heavy atom. The van der Waals surface area contributed by atoms with Crippen LogP contribution in [0.15, 0.2) is 18.2 Å². The molecule has 21 heavy (non-hydrogen) atoms. The summed E-state index contributed by atoms with van der Waals surface area (Å²) in [4.78, 5) is 2.36. The highest BCUT2D eigenvalue weighted by Gasteiger charge is 2.24. The second-order valence-corrected chi connectivity index (χ2v) is 6.47. The van der Waals surface area contributed by atoms with E-state index >= 15 is 0 Å². The number of nitrogens with zero attached hydrogens (tertiary/aromatic N) is 3. The highest BCUT2D eigenvalue weighted by molar-refractivity contribution is 5.73. The van der Waals surface area contributed by atoms with Crippen molar-refractivity contribution in [2.75, 3.05) is 14.1 Å². The van der Waals surface area contributed by atoms with Crippen molar-refractivity contribution in [1.29, 1.82) is 0 Å². The zero-order valence-electron chi connectivity index (χ0n) is 13.8. The lowest BCUT2D eigenvalue weighted by molar-refractivity contribution is 0.268. The monoisotopic (exact) mass is 283 g/mol. The fraction of sp³-hybridized carbons (Fsp3) is 0.500. The van der Waals surface area contributed by atoms with Crippen molar-refractivity contribution in [2.24, 2.45) is 7.05 Å². The van der Waals surface area contributed by atoms with Gasteiger partial charge in [0.15, 0.2) is 0 Å². The quantitative estimate of drug-likeness (QED) is 0.844. The molecular formula is C18H25N3. The van der Waals surface area contributed by atoms with Crippen molar-refractivity contribution in [2.45, 2.75) is 39.2 Å². The van der Waals surface area contributed by atoms with E-state index < -0.39 is 0 Å². The standard InChI is InChI=1S/C18H25N3/c1-12-18(13(2)21(5)19-12)17-8-6-7-14-11-15(20(3)4)9-10-16(14)17/h6-8,15H,9-11H2,1-5H3. The Hall–Kier alpha value is -1.61. The van der Waals surface area contributed by atoms with Gasteiger partial charge in [-0.2, -0.15) is 5.10 Å². The first-order valence-electron chi connectivity index (χ1n) is 7.76. The summed E-state index contributed by atoms with van der Waals surface area (Å²) in [7, 11) is 6.41. The minimum absolute atomic E-state index is 0.670. The van der Waals surface area contributed by atoms with Crippen LogP contribution in [0.3, 0.4) is 0 Å². The van der Waals surface area contributed by atoms with E-state index in [0.29, 0.717) is 6.04 Å². The Morgan fingerprint density at radius 1 is 1.24 bits per heavy atom. The van der Waals surface area contributed by atoms with E-state index in [2.05, 4.69) is 56.1 Å². The first-order chi connectivity index (χ1) is 9.99. The highest BCUT2D eigenvalue weighted by Crippen LogP contribution is 2.35. The molecule has 0 aliphatic heterocycles. The van der Waals surface area contributed by atoms with Gasteiger partial charge in [-0.25, -0.2) is 0 Å². The molecule has 1 aliphatic rings. The average Bonchev–Trinajstić information content (AvgIpc) is 2.71. The molecule has 0 saturated carbocycles. The van der Waals surface area contributed by atoms with E-state index in [0.717, 1.165) is 12.1 Å². The molecule has 0 bridgehead atoms. The lowest BCUT2D eigenvalue weighted by Gasteiger charge is -2.31. The number of hydrogen-bond donors (Lipinski definition) is 0. The summed E-state index contributed by atoms with van der Waals surface area (Å²) < 4.78 is 2.00. The minimum atomic E-state index is 0.670. The molecule has 0 amide bonds. The summed E-state index contributed by atoms with van der Waals surface area (Å²) in [5.41, 5.74) is 8.18. The highest BCUT2D eigenvalue weighted by atomic mass is 15.3. The SMILES string of the molecule is Cc1nn(C)c(C)c1-c1cccc2c1CCC(N(C)C)C2. The van der Waals surface area contributed by atoms with Gasteiger partial charge in [-0.3, -0.25) is 4.68 Å². The summed E-state index contributed by atoms with van der Waals surface area (Å²) in [6.07, 6.45) is 3.58. The Labute approximate surface area is 127 Å². The van der Waals surface area contributed by atoms with E-state index in [1.165, 1.54) is 40.8 Å². The van der Waals surface area contributed by atoms with Crippen LogP contribution in [-0.2, 0) is 19.9 Å². The molecule has 1 unspecified atom stereocenters. The third-order valence-electron chi connectivity index (χ3n) is 4.96. The number of likely N-dealkylation sites (N-methyl/N-ethyl adjacent to an activating group) is 1. The average molecular weight is 283 g/mol. The fourth-order valence-electron chi connectivity index (χ4n) is 3.63. The van der Waals surface area contributed by atoms with E-state index in [1.54, 1.807) is 0 Å². The summed E-state index contributed by atoms with van der Waals surface area (Å²) in [5.74, 6) is 0. The lowest BCUT2D eigenvalue weighted by atomic mass is 9.83. The molecule has 1 aliphatic carbocycles. The van der Waals surface area contributed by atoms with Crippen molar-refractivity contribution >= 4 is 0 Å². The predicted molar refractivity (Wildman–Crippen MR) is 87.6 cm³/mol. The first kappa shape index (κ1) is 14.3. The van der Waals surface area contributed by atoms with Crippen molar-refractivity contribution in [3.8, 4) is 11.1 Å². The molecule has 3 nitrogen and oxygen atoms in total. The molecule has 0 fully saturated rings. The lowest BCUT2D eigenvalue weighted by Crippen LogP contribution is -2.33. The van der Waals surface area contributed by atoms with Gasteiger partial charge >= 0.3 is 0 Å². The van der Waals surface area contributed by atoms with Crippen LogP contribution in [0.4, 0.5) is 0 Å².